The fourth-order valence-corrected chi connectivity index (χ4v) is 2.07. The Labute approximate surface area is 120 Å². The van der Waals surface area contributed by atoms with Crippen LogP contribution in [-0.2, 0) is 6.42 Å². The lowest BCUT2D eigenvalue weighted by atomic mass is 10.1. The highest BCUT2D eigenvalue weighted by molar-refractivity contribution is 9.10. The number of anilines is 2. The first-order valence-electron chi connectivity index (χ1n) is 5.67. The van der Waals surface area contributed by atoms with Crippen molar-refractivity contribution in [2.45, 2.75) is 12.8 Å². The molecule has 2 rings (SSSR count). The Morgan fingerprint density at radius 3 is 3.00 bits per heavy atom. The molecule has 0 amide bonds. The second-order valence-electron chi connectivity index (χ2n) is 3.84. The summed E-state index contributed by atoms with van der Waals surface area (Å²) in [4.78, 5) is 8.11. The molecule has 5 heteroatoms. The van der Waals surface area contributed by atoms with Crippen LogP contribution < -0.4 is 5.32 Å². The molecular formula is C13H13BrClN3. The van der Waals surface area contributed by atoms with Gasteiger partial charge in [0.1, 0.15) is 12.1 Å². The van der Waals surface area contributed by atoms with Gasteiger partial charge in [-0.05, 0) is 46.5 Å². The average Bonchev–Trinajstić information content (AvgIpc) is 2.40. The van der Waals surface area contributed by atoms with Crippen LogP contribution in [0.15, 0.2) is 41.3 Å². The second-order valence-corrected chi connectivity index (χ2v) is 5.07. The van der Waals surface area contributed by atoms with Crippen LogP contribution in [0, 0.1) is 0 Å². The number of nitrogens with one attached hydrogen (secondary N) is 1. The smallest absolute Gasteiger partial charge is 0.148 e. The summed E-state index contributed by atoms with van der Waals surface area (Å²) in [5, 5.41) is 3.26. The normalized spacial score (nSPS) is 10.3. The maximum Gasteiger partial charge on any atom is 0.148 e. The van der Waals surface area contributed by atoms with Crippen LogP contribution in [0.1, 0.15) is 12.0 Å². The van der Waals surface area contributed by atoms with Crippen LogP contribution in [0.2, 0.25) is 0 Å². The van der Waals surface area contributed by atoms with E-state index in [4.69, 9.17) is 11.6 Å². The van der Waals surface area contributed by atoms with Gasteiger partial charge in [0.2, 0.25) is 0 Å². The molecule has 1 N–H and O–H groups in total. The third-order valence-corrected chi connectivity index (χ3v) is 3.30. The topological polar surface area (TPSA) is 37.8 Å². The van der Waals surface area contributed by atoms with Crippen LogP contribution in [0.4, 0.5) is 11.5 Å². The van der Waals surface area contributed by atoms with Crippen LogP contribution >= 0.6 is 27.5 Å². The van der Waals surface area contributed by atoms with Gasteiger partial charge in [0.05, 0.1) is 4.47 Å². The van der Waals surface area contributed by atoms with Gasteiger partial charge in [-0.25, -0.2) is 9.97 Å². The molecule has 94 valence electrons. The van der Waals surface area contributed by atoms with Crippen LogP contribution in [-0.4, -0.2) is 15.8 Å². The average molecular weight is 327 g/mol. The summed E-state index contributed by atoms with van der Waals surface area (Å²) in [5.41, 5.74) is 2.28. The van der Waals surface area contributed by atoms with E-state index in [2.05, 4.69) is 43.3 Å². The standard InChI is InChI=1S/C13H13BrClN3/c14-12-8-16-9-17-13(12)18-11-5-1-3-10(7-11)4-2-6-15/h1,3,5,7-9H,2,4,6H2,(H,16,17,18). The quantitative estimate of drug-likeness (QED) is 0.839. The molecule has 1 aromatic carbocycles. The fraction of sp³-hybridized carbons (Fsp3) is 0.231. The number of aryl methyl sites for hydroxylation is 1. The maximum atomic E-state index is 5.70. The molecule has 0 saturated heterocycles. The van der Waals surface area contributed by atoms with Gasteiger partial charge in [0.15, 0.2) is 0 Å². The predicted molar refractivity (Wildman–Crippen MR) is 78.5 cm³/mol. The van der Waals surface area contributed by atoms with Gasteiger partial charge >= 0.3 is 0 Å². The predicted octanol–water partition coefficient (Wildman–Crippen LogP) is 4.15. The summed E-state index contributed by atoms with van der Waals surface area (Å²) >= 11 is 9.11. The molecule has 0 saturated carbocycles. The third kappa shape index (κ3) is 3.68. The monoisotopic (exact) mass is 325 g/mol. The number of hydrogen-bond acceptors (Lipinski definition) is 3. The first-order valence-corrected chi connectivity index (χ1v) is 7.00. The van der Waals surface area contributed by atoms with Gasteiger partial charge in [-0.1, -0.05) is 12.1 Å². The lowest BCUT2D eigenvalue weighted by Gasteiger charge is -2.08. The Hall–Kier alpha value is -1.13. The van der Waals surface area contributed by atoms with E-state index in [1.165, 1.54) is 11.9 Å². The lowest BCUT2D eigenvalue weighted by Crippen LogP contribution is -1.96. The van der Waals surface area contributed by atoms with Gasteiger partial charge in [0.25, 0.3) is 0 Å². The van der Waals surface area contributed by atoms with Crippen molar-refractivity contribution in [1.82, 2.24) is 9.97 Å². The maximum absolute atomic E-state index is 5.70. The van der Waals surface area contributed by atoms with Crippen molar-refractivity contribution < 1.29 is 0 Å². The number of benzene rings is 1. The number of hydrogen-bond donors (Lipinski definition) is 1. The van der Waals surface area contributed by atoms with Crippen LogP contribution in [0.25, 0.3) is 0 Å². The zero-order chi connectivity index (χ0) is 12.8. The third-order valence-electron chi connectivity index (χ3n) is 2.46. The molecule has 0 unspecified atom stereocenters. The summed E-state index contributed by atoms with van der Waals surface area (Å²) in [6.45, 7) is 0. The summed E-state index contributed by atoms with van der Waals surface area (Å²) in [6, 6.07) is 8.26. The van der Waals surface area contributed by atoms with Crippen molar-refractivity contribution in [3.63, 3.8) is 0 Å². The number of rotatable bonds is 5. The van der Waals surface area contributed by atoms with E-state index in [9.17, 15) is 0 Å². The van der Waals surface area contributed by atoms with E-state index in [-0.39, 0.29) is 0 Å². The number of alkyl halides is 1. The zero-order valence-corrected chi connectivity index (χ0v) is 12.1. The van der Waals surface area contributed by atoms with E-state index < -0.39 is 0 Å². The molecule has 0 bridgehead atoms. The molecule has 18 heavy (non-hydrogen) atoms. The van der Waals surface area contributed by atoms with Crippen molar-refractivity contribution >= 4 is 39.0 Å². The molecule has 2 aromatic rings. The largest absolute Gasteiger partial charge is 0.339 e. The molecule has 0 aliphatic rings. The van der Waals surface area contributed by atoms with Gasteiger partial charge < -0.3 is 5.32 Å². The van der Waals surface area contributed by atoms with Gasteiger partial charge in [-0.2, -0.15) is 0 Å². The molecule has 0 spiro atoms. The molecule has 0 aliphatic heterocycles. The minimum Gasteiger partial charge on any atom is -0.339 e. The molecule has 0 radical (unpaired) electrons. The lowest BCUT2D eigenvalue weighted by molar-refractivity contribution is 0.929. The zero-order valence-electron chi connectivity index (χ0n) is 9.74. The Morgan fingerprint density at radius 1 is 1.33 bits per heavy atom. The molecule has 3 nitrogen and oxygen atoms in total. The molecule has 0 aliphatic carbocycles. The van der Waals surface area contributed by atoms with Crippen molar-refractivity contribution in [3.05, 3.63) is 46.8 Å². The Morgan fingerprint density at radius 2 is 2.22 bits per heavy atom. The molecule has 0 atom stereocenters. The summed E-state index contributed by atoms with van der Waals surface area (Å²) < 4.78 is 0.844. The molecule has 0 fully saturated rings. The molecular weight excluding hydrogens is 314 g/mol. The second kappa shape index (κ2) is 6.71. The molecule has 1 heterocycles. The van der Waals surface area contributed by atoms with Gasteiger partial charge in [0, 0.05) is 17.8 Å². The number of halogens is 2. The first-order chi connectivity index (χ1) is 8.79. The first kappa shape index (κ1) is 13.3. The van der Waals surface area contributed by atoms with Crippen molar-refractivity contribution in [2.75, 3.05) is 11.2 Å². The van der Waals surface area contributed by atoms with Crippen LogP contribution in [0.5, 0.6) is 0 Å². The van der Waals surface area contributed by atoms with Crippen molar-refractivity contribution in [1.29, 1.82) is 0 Å². The van der Waals surface area contributed by atoms with Crippen molar-refractivity contribution in [3.8, 4) is 0 Å². The summed E-state index contributed by atoms with van der Waals surface area (Å²) in [5.74, 6) is 1.45. The highest BCUT2D eigenvalue weighted by atomic mass is 79.9. The van der Waals surface area contributed by atoms with E-state index in [1.54, 1.807) is 6.20 Å². The van der Waals surface area contributed by atoms with Gasteiger partial charge in [-0.3, -0.25) is 0 Å². The SMILES string of the molecule is ClCCCc1cccc(Nc2ncncc2Br)c1. The molecule has 1 aromatic heterocycles. The van der Waals surface area contributed by atoms with E-state index in [0.717, 1.165) is 28.8 Å². The highest BCUT2D eigenvalue weighted by Crippen LogP contribution is 2.22. The Kier molecular flexibility index (Phi) is 4.96. The Balaban J connectivity index is 2.12. The van der Waals surface area contributed by atoms with E-state index in [1.807, 2.05) is 12.1 Å². The number of aromatic nitrogens is 2. The van der Waals surface area contributed by atoms with E-state index in [0.29, 0.717) is 5.88 Å². The van der Waals surface area contributed by atoms with Gasteiger partial charge in [-0.15, -0.1) is 11.6 Å². The number of nitrogens with zero attached hydrogens (tertiary/aromatic N) is 2. The minimum atomic E-state index is 0.690. The Bertz CT molecular complexity index is 519. The highest BCUT2D eigenvalue weighted by Gasteiger charge is 2.02. The summed E-state index contributed by atoms with van der Waals surface area (Å²) in [7, 11) is 0. The van der Waals surface area contributed by atoms with E-state index >= 15 is 0 Å². The van der Waals surface area contributed by atoms with Crippen molar-refractivity contribution in [2.24, 2.45) is 0 Å². The minimum absolute atomic E-state index is 0.690. The van der Waals surface area contributed by atoms with Crippen LogP contribution in [0.3, 0.4) is 0 Å². The summed E-state index contributed by atoms with van der Waals surface area (Å²) in [6.07, 6.45) is 5.21. The fourth-order valence-electron chi connectivity index (χ4n) is 1.62.